The highest BCUT2D eigenvalue weighted by atomic mass is 32.2. The van der Waals surface area contributed by atoms with E-state index < -0.39 is 16.0 Å². The van der Waals surface area contributed by atoms with E-state index in [1.54, 1.807) is 36.4 Å². The van der Waals surface area contributed by atoms with Crippen molar-refractivity contribution >= 4 is 59.6 Å². The van der Waals surface area contributed by atoms with Gasteiger partial charge >= 0.3 is 5.97 Å². The Balaban J connectivity index is 1.95. The van der Waals surface area contributed by atoms with Crippen LogP contribution >= 0.6 is 0 Å². The summed E-state index contributed by atoms with van der Waals surface area (Å²) in [6.07, 6.45) is 0. The third-order valence-electron chi connectivity index (χ3n) is 6.45. The highest BCUT2D eigenvalue weighted by Crippen LogP contribution is 2.43. The van der Waals surface area contributed by atoms with E-state index in [2.05, 4.69) is 4.98 Å². The smallest absolute Gasteiger partial charge is 0.338 e. The zero-order valence-corrected chi connectivity index (χ0v) is 19.3. The highest BCUT2D eigenvalue weighted by molar-refractivity contribution is 7.90. The molecule has 0 aliphatic rings. The predicted molar refractivity (Wildman–Crippen MR) is 134 cm³/mol. The third kappa shape index (κ3) is 2.61. The molecule has 1 N–H and O–H groups in total. The molecule has 34 heavy (non-hydrogen) atoms. The summed E-state index contributed by atoms with van der Waals surface area (Å²) < 4.78 is 34.6. The zero-order valence-electron chi connectivity index (χ0n) is 18.5. The van der Waals surface area contributed by atoms with Crippen molar-refractivity contribution in [2.45, 2.75) is 11.8 Å². The Morgan fingerprint density at radius 1 is 0.853 bits per heavy atom. The molecule has 0 aliphatic heterocycles. The first-order valence-electron chi connectivity index (χ1n) is 10.8. The van der Waals surface area contributed by atoms with E-state index in [1.807, 2.05) is 49.4 Å². The van der Waals surface area contributed by atoms with Gasteiger partial charge in [0.15, 0.2) is 0 Å². The Morgan fingerprint density at radius 2 is 1.50 bits per heavy atom. The molecule has 7 heteroatoms. The second-order valence-corrected chi connectivity index (χ2v) is 10.0. The number of fused-ring (bicyclic) bond motifs is 7. The molecule has 2 aromatic heterocycles. The van der Waals surface area contributed by atoms with Gasteiger partial charge in [0.25, 0.3) is 10.0 Å². The Morgan fingerprint density at radius 3 is 2.24 bits per heavy atom. The minimum Gasteiger partial charge on any atom is -0.465 e. The number of carbonyl (C=O) groups excluding carboxylic acids is 1. The molecule has 0 amide bonds. The fraction of sp³-hybridized carbons (Fsp3) is 0.0741. The Labute approximate surface area is 195 Å². The van der Waals surface area contributed by atoms with Crippen molar-refractivity contribution in [1.29, 1.82) is 0 Å². The first-order valence-corrected chi connectivity index (χ1v) is 12.2. The second kappa shape index (κ2) is 7.20. The first kappa shape index (κ1) is 20.5. The number of para-hydroxylation sites is 2. The number of methoxy groups -OCH3 is 1. The summed E-state index contributed by atoms with van der Waals surface area (Å²) in [5, 5.41) is 2.94. The Kier molecular flexibility index (Phi) is 4.34. The van der Waals surface area contributed by atoms with Gasteiger partial charge in [-0.3, -0.25) is 0 Å². The molecule has 0 radical (unpaired) electrons. The van der Waals surface area contributed by atoms with Crippen molar-refractivity contribution in [3.63, 3.8) is 0 Å². The normalized spacial score (nSPS) is 12.2. The molecule has 6 rings (SSSR count). The minimum absolute atomic E-state index is 0.191. The van der Waals surface area contributed by atoms with E-state index in [9.17, 15) is 13.2 Å². The average molecular weight is 469 g/mol. The summed E-state index contributed by atoms with van der Waals surface area (Å²) >= 11 is 0. The van der Waals surface area contributed by atoms with Crippen LogP contribution in [0.4, 0.5) is 0 Å². The Bertz CT molecular complexity index is 1880. The fourth-order valence-corrected chi connectivity index (χ4v) is 6.57. The lowest BCUT2D eigenvalue weighted by molar-refractivity contribution is 0.0602. The van der Waals surface area contributed by atoms with Gasteiger partial charge in [0.05, 0.1) is 34.1 Å². The van der Waals surface area contributed by atoms with Crippen molar-refractivity contribution in [2.24, 2.45) is 0 Å². The summed E-state index contributed by atoms with van der Waals surface area (Å²) in [7, 11) is -2.60. The SMILES string of the molecule is COC(=O)c1c(C)c2c3ccccc3n(S(=O)(=O)c3ccccc3)c2c2[nH]c3ccccc3c12. The molecule has 0 saturated carbocycles. The maximum absolute atomic E-state index is 14.0. The van der Waals surface area contributed by atoms with Crippen LogP contribution in [0.25, 0.3) is 43.6 Å². The standard InChI is InChI=1S/C27H20N2O4S/c1-16-22-19-13-7-9-15-21(19)29(34(31,32)17-10-4-3-5-11-17)26(22)25-24(23(16)27(30)33-2)18-12-6-8-14-20(18)28-25/h3-15,28H,1-2H3. The lowest BCUT2D eigenvalue weighted by Crippen LogP contribution is -2.13. The highest BCUT2D eigenvalue weighted by Gasteiger charge is 2.30. The summed E-state index contributed by atoms with van der Waals surface area (Å²) in [5.74, 6) is -0.461. The van der Waals surface area contributed by atoms with E-state index in [-0.39, 0.29) is 4.90 Å². The van der Waals surface area contributed by atoms with E-state index in [1.165, 1.54) is 11.1 Å². The lowest BCUT2D eigenvalue weighted by Gasteiger charge is -2.12. The number of esters is 1. The monoisotopic (exact) mass is 468 g/mol. The van der Waals surface area contributed by atoms with Gasteiger partial charge in [-0.1, -0.05) is 54.6 Å². The number of nitrogens with one attached hydrogen (secondary N) is 1. The molecular weight excluding hydrogens is 448 g/mol. The predicted octanol–water partition coefficient (Wildman–Crippen LogP) is 5.76. The van der Waals surface area contributed by atoms with Gasteiger partial charge in [-0.25, -0.2) is 17.2 Å². The van der Waals surface area contributed by atoms with Gasteiger partial charge in [0, 0.05) is 27.1 Å². The topological polar surface area (TPSA) is 81.2 Å². The summed E-state index contributed by atoms with van der Waals surface area (Å²) in [6, 6.07) is 23.4. The number of aryl methyl sites for hydroxylation is 1. The van der Waals surface area contributed by atoms with Gasteiger partial charge in [-0.2, -0.15) is 0 Å². The first-order chi connectivity index (χ1) is 16.4. The van der Waals surface area contributed by atoms with Crippen molar-refractivity contribution < 1.29 is 17.9 Å². The summed E-state index contributed by atoms with van der Waals surface area (Å²) in [5.41, 5.74) is 3.56. The van der Waals surface area contributed by atoms with Crippen LogP contribution in [0.3, 0.4) is 0 Å². The van der Waals surface area contributed by atoms with Crippen molar-refractivity contribution in [3.05, 3.63) is 90.0 Å². The number of hydrogen-bond acceptors (Lipinski definition) is 4. The van der Waals surface area contributed by atoms with Crippen LogP contribution in [0.1, 0.15) is 15.9 Å². The van der Waals surface area contributed by atoms with E-state index in [0.29, 0.717) is 38.4 Å². The molecule has 2 heterocycles. The molecule has 168 valence electrons. The quantitative estimate of drug-likeness (QED) is 0.335. The van der Waals surface area contributed by atoms with Crippen LogP contribution in [0.5, 0.6) is 0 Å². The van der Waals surface area contributed by atoms with Crippen LogP contribution in [0.2, 0.25) is 0 Å². The van der Waals surface area contributed by atoms with Crippen LogP contribution in [0, 0.1) is 6.92 Å². The molecule has 6 nitrogen and oxygen atoms in total. The van der Waals surface area contributed by atoms with Crippen molar-refractivity contribution in [1.82, 2.24) is 8.96 Å². The van der Waals surface area contributed by atoms with Crippen LogP contribution < -0.4 is 0 Å². The van der Waals surface area contributed by atoms with Gasteiger partial charge in [0.2, 0.25) is 0 Å². The minimum atomic E-state index is -3.95. The number of aromatic nitrogens is 2. The third-order valence-corrected chi connectivity index (χ3v) is 8.17. The molecule has 4 aromatic carbocycles. The molecule has 0 saturated heterocycles. The van der Waals surface area contributed by atoms with Gasteiger partial charge in [0.1, 0.15) is 0 Å². The number of rotatable bonds is 3. The molecular formula is C27H20N2O4S. The van der Waals surface area contributed by atoms with Crippen LogP contribution in [-0.4, -0.2) is 30.5 Å². The summed E-state index contributed by atoms with van der Waals surface area (Å²) in [4.78, 5) is 16.6. The number of nitrogens with zero attached hydrogens (tertiary/aromatic N) is 1. The molecule has 0 spiro atoms. The molecule has 0 fully saturated rings. The maximum atomic E-state index is 14.0. The largest absolute Gasteiger partial charge is 0.465 e. The fourth-order valence-electron chi connectivity index (χ4n) is 5.01. The van der Waals surface area contributed by atoms with Gasteiger partial charge < -0.3 is 9.72 Å². The van der Waals surface area contributed by atoms with Crippen molar-refractivity contribution in [3.8, 4) is 0 Å². The van der Waals surface area contributed by atoms with Crippen LogP contribution in [-0.2, 0) is 14.8 Å². The van der Waals surface area contributed by atoms with Crippen molar-refractivity contribution in [2.75, 3.05) is 7.11 Å². The number of carbonyl (C=O) groups is 1. The molecule has 0 atom stereocenters. The number of H-pyrrole nitrogens is 1. The van der Waals surface area contributed by atoms with Crippen LogP contribution in [0.15, 0.2) is 83.8 Å². The maximum Gasteiger partial charge on any atom is 0.338 e. The number of ether oxygens (including phenoxy) is 1. The molecule has 6 aromatic rings. The van der Waals surface area contributed by atoms with E-state index in [4.69, 9.17) is 4.74 Å². The van der Waals surface area contributed by atoms with E-state index in [0.717, 1.165) is 16.3 Å². The number of hydrogen-bond donors (Lipinski definition) is 1. The second-order valence-electron chi connectivity index (χ2n) is 8.24. The number of aromatic amines is 1. The van der Waals surface area contributed by atoms with Gasteiger partial charge in [-0.15, -0.1) is 0 Å². The average Bonchev–Trinajstić information content (AvgIpc) is 3.41. The lowest BCUT2D eigenvalue weighted by atomic mass is 9.96. The van der Waals surface area contributed by atoms with E-state index >= 15 is 0 Å². The molecule has 0 unspecified atom stereocenters. The Hall–Kier alpha value is -4.10. The molecule has 0 aliphatic carbocycles. The summed E-state index contributed by atoms with van der Waals surface area (Å²) in [6.45, 7) is 1.85. The number of benzene rings is 4. The molecule has 0 bridgehead atoms. The zero-order chi connectivity index (χ0) is 23.6. The van der Waals surface area contributed by atoms with Gasteiger partial charge in [-0.05, 0) is 36.8 Å².